The monoisotopic (exact) mass is 391 g/mol. The lowest BCUT2D eigenvalue weighted by Gasteiger charge is -2.13. The largest absolute Gasteiger partial charge is 0.497 e. The van der Waals surface area contributed by atoms with Crippen LogP contribution in [0.2, 0.25) is 0 Å². The highest BCUT2D eigenvalue weighted by molar-refractivity contribution is 7.92. The van der Waals surface area contributed by atoms with Gasteiger partial charge in [0.15, 0.2) is 6.10 Å². The summed E-state index contributed by atoms with van der Waals surface area (Å²) in [4.78, 5) is 24.4. The summed E-state index contributed by atoms with van der Waals surface area (Å²) in [6.07, 6.45) is 0.124. The van der Waals surface area contributed by atoms with Crippen LogP contribution >= 0.6 is 0 Å². The van der Waals surface area contributed by atoms with Crippen molar-refractivity contribution in [1.29, 1.82) is 0 Å². The maximum absolute atomic E-state index is 12.4. The molecule has 0 bridgehead atoms. The molecule has 1 unspecified atom stereocenters. The van der Waals surface area contributed by atoms with Gasteiger partial charge in [0, 0.05) is 11.3 Å². The number of sulfonamides is 1. The standard InChI is InChI=1S/C19H21NO6S/c1-13(26-18(21)12-14-4-10-17(25-2)11-5-14)19(22)15-6-8-16(9-7-15)20-27(3,23)24/h4-11,13,20H,12H2,1-3H3. The molecule has 0 aliphatic rings. The van der Waals surface area contributed by atoms with E-state index < -0.39 is 22.1 Å². The second-order valence-electron chi connectivity index (χ2n) is 5.97. The van der Waals surface area contributed by atoms with Crippen molar-refractivity contribution in [2.24, 2.45) is 0 Å². The number of ketones is 1. The van der Waals surface area contributed by atoms with Gasteiger partial charge in [0.2, 0.25) is 15.8 Å². The first-order valence-corrected chi connectivity index (χ1v) is 10.0. The van der Waals surface area contributed by atoms with Gasteiger partial charge in [-0.1, -0.05) is 12.1 Å². The lowest BCUT2D eigenvalue weighted by Crippen LogP contribution is -2.25. The zero-order valence-electron chi connectivity index (χ0n) is 15.3. The fraction of sp³-hybridized carbons (Fsp3) is 0.263. The minimum Gasteiger partial charge on any atom is -0.497 e. The molecule has 0 aliphatic heterocycles. The first-order valence-electron chi connectivity index (χ1n) is 8.12. The van der Waals surface area contributed by atoms with Crippen molar-refractivity contribution < 1.29 is 27.5 Å². The van der Waals surface area contributed by atoms with Crippen molar-refractivity contribution in [3.63, 3.8) is 0 Å². The molecule has 0 heterocycles. The molecule has 2 aromatic rings. The van der Waals surface area contributed by atoms with E-state index in [9.17, 15) is 18.0 Å². The molecule has 1 N–H and O–H groups in total. The van der Waals surface area contributed by atoms with Crippen molar-refractivity contribution in [3.05, 3.63) is 59.7 Å². The van der Waals surface area contributed by atoms with Gasteiger partial charge in [0.05, 0.1) is 19.8 Å². The van der Waals surface area contributed by atoms with Gasteiger partial charge in [-0.3, -0.25) is 14.3 Å². The molecule has 0 spiro atoms. The zero-order valence-corrected chi connectivity index (χ0v) is 16.1. The third kappa shape index (κ3) is 6.41. The van der Waals surface area contributed by atoms with Crippen molar-refractivity contribution >= 4 is 27.5 Å². The summed E-state index contributed by atoms with van der Waals surface area (Å²) >= 11 is 0. The van der Waals surface area contributed by atoms with Gasteiger partial charge in [0.25, 0.3) is 0 Å². The Morgan fingerprint density at radius 2 is 1.63 bits per heavy atom. The number of Topliss-reactive ketones (excluding diaryl/α,β-unsaturated/α-hetero) is 1. The topological polar surface area (TPSA) is 98.8 Å². The number of nitrogens with one attached hydrogen (secondary N) is 1. The van der Waals surface area contributed by atoms with E-state index in [-0.39, 0.29) is 12.2 Å². The fourth-order valence-electron chi connectivity index (χ4n) is 2.35. The van der Waals surface area contributed by atoms with Crippen LogP contribution in [0.4, 0.5) is 5.69 Å². The van der Waals surface area contributed by atoms with Gasteiger partial charge in [-0.15, -0.1) is 0 Å². The molecule has 0 saturated carbocycles. The lowest BCUT2D eigenvalue weighted by molar-refractivity contribution is -0.145. The average Bonchev–Trinajstić information content (AvgIpc) is 2.61. The van der Waals surface area contributed by atoms with Crippen LogP contribution in [0, 0.1) is 0 Å². The van der Waals surface area contributed by atoms with Gasteiger partial charge in [-0.2, -0.15) is 0 Å². The predicted molar refractivity (Wildman–Crippen MR) is 101 cm³/mol. The van der Waals surface area contributed by atoms with Crippen LogP contribution < -0.4 is 9.46 Å². The summed E-state index contributed by atoms with van der Waals surface area (Å²) in [6, 6.07) is 12.9. The third-order valence-corrected chi connectivity index (χ3v) is 4.26. The molecule has 1 atom stereocenters. The minimum absolute atomic E-state index is 0.0405. The maximum atomic E-state index is 12.4. The van der Waals surface area contributed by atoms with E-state index in [0.717, 1.165) is 11.8 Å². The first-order chi connectivity index (χ1) is 12.7. The fourth-order valence-corrected chi connectivity index (χ4v) is 2.92. The van der Waals surface area contributed by atoms with Gasteiger partial charge >= 0.3 is 5.97 Å². The Morgan fingerprint density at radius 1 is 1.04 bits per heavy atom. The second kappa shape index (κ2) is 8.68. The van der Waals surface area contributed by atoms with Gasteiger partial charge in [-0.25, -0.2) is 8.42 Å². The van der Waals surface area contributed by atoms with Crippen molar-refractivity contribution in [1.82, 2.24) is 0 Å². The Morgan fingerprint density at radius 3 is 2.15 bits per heavy atom. The molecule has 8 heteroatoms. The number of hydrogen-bond acceptors (Lipinski definition) is 6. The number of anilines is 1. The maximum Gasteiger partial charge on any atom is 0.310 e. The molecule has 7 nitrogen and oxygen atoms in total. The SMILES string of the molecule is COc1ccc(CC(=O)OC(C)C(=O)c2ccc(NS(C)(=O)=O)cc2)cc1. The number of esters is 1. The third-order valence-electron chi connectivity index (χ3n) is 3.66. The number of carbonyl (C=O) groups excluding carboxylic acids is 2. The molecule has 144 valence electrons. The van der Waals surface area contributed by atoms with Crippen LogP contribution in [0.25, 0.3) is 0 Å². The zero-order chi connectivity index (χ0) is 20.0. The van der Waals surface area contributed by atoms with Crippen LogP contribution in [-0.4, -0.2) is 39.6 Å². The Hall–Kier alpha value is -2.87. The summed E-state index contributed by atoms with van der Waals surface area (Å²) in [5.41, 5.74) is 1.41. The average molecular weight is 391 g/mol. The quantitative estimate of drug-likeness (QED) is 0.548. The highest BCUT2D eigenvalue weighted by Gasteiger charge is 2.20. The smallest absolute Gasteiger partial charge is 0.310 e. The van der Waals surface area contributed by atoms with Crippen LogP contribution in [0.15, 0.2) is 48.5 Å². The Kier molecular flexibility index (Phi) is 6.57. The van der Waals surface area contributed by atoms with E-state index in [1.54, 1.807) is 31.4 Å². The van der Waals surface area contributed by atoms with Crippen LogP contribution in [-0.2, 0) is 26.0 Å². The van der Waals surface area contributed by atoms with E-state index >= 15 is 0 Å². The molecule has 2 aromatic carbocycles. The summed E-state index contributed by atoms with van der Waals surface area (Å²) < 4.78 is 35.0. The first kappa shape index (κ1) is 20.4. The van der Waals surface area contributed by atoms with Gasteiger partial charge < -0.3 is 9.47 Å². The Balaban J connectivity index is 1.94. The molecular formula is C19H21NO6S. The molecule has 0 aromatic heterocycles. The number of rotatable bonds is 8. The molecule has 0 aliphatic carbocycles. The number of carbonyl (C=O) groups is 2. The van der Waals surface area contributed by atoms with Crippen molar-refractivity contribution in [2.45, 2.75) is 19.4 Å². The van der Waals surface area contributed by atoms with E-state index in [1.165, 1.54) is 31.2 Å². The lowest BCUT2D eigenvalue weighted by atomic mass is 10.1. The number of hydrogen-bond donors (Lipinski definition) is 1. The molecule has 0 fully saturated rings. The van der Waals surface area contributed by atoms with Gasteiger partial charge in [-0.05, 0) is 48.9 Å². The molecular weight excluding hydrogens is 370 g/mol. The van der Waals surface area contributed by atoms with E-state index in [2.05, 4.69) is 4.72 Å². The number of benzene rings is 2. The minimum atomic E-state index is -3.39. The summed E-state index contributed by atoms with van der Waals surface area (Å²) in [7, 11) is -1.83. The Labute approximate surface area is 158 Å². The van der Waals surface area contributed by atoms with Crippen LogP contribution in [0.1, 0.15) is 22.8 Å². The molecule has 0 radical (unpaired) electrons. The highest BCUT2D eigenvalue weighted by Crippen LogP contribution is 2.15. The van der Waals surface area contributed by atoms with E-state index in [1.807, 2.05) is 0 Å². The molecule has 0 amide bonds. The number of methoxy groups -OCH3 is 1. The van der Waals surface area contributed by atoms with Crippen LogP contribution in [0.5, 0.6) is 5.75 Å². The molecule has 0 saturated heterocycles. The van der Waals surface area contributed by atoms with Gasteiger partial charge in [0.1, 0.15) is 5.75 Å². The van der Waals surface area contributed by atoms with E-state index in [4.69, 9.17) is 9.47 Å². The molecule has 27 heavy (non-hydrogen) atoms. The summed E-state index contributed by atoms with van der Waals surface area (Å²) in [5, 5.41) is 0. The normalized spacial score (nSPS) is 12.1. The predicted octanol–water partition coefficient (Wildman–Crippen LogP) is 2.42. The molecule has 2 rings (SSSR count). The van der Waals surface area contributed by atoms with E-state index in [0.29, 0.717) is 17.0 Å². The van der Waals surface area contributed by atoms with Crippen LogP contribution in [0.3, 0.4) is 0 Å². The van der Waals surface area contributed by atoms with Crippen molar-refractivity contribution in [2.75, 3.05) is 18.1 Å². The highest BCUT2D eigenvalue weighted by atomic mass is 32.2. The summed E-state index contributed by atoms with van der Waals surface area (Å²) in [6.45, 7) is 1.50. The van der Waals surface area contributed by atoms with Crippen molar-refractivity contribution in [3.8, 4) is 5.75 Å². The summed E-state index contributed by atoms with van der Waals surface area (Å²) in [5.74, 6) is -0.204. The second-order valence-corrected chi connectivity index (χ2v) is 7.72. The Bertz CT molecular complexity index is 904. The number of ether oxygens (including phenoxy) is 2.